The monoisotopic (exact) mass is 270 g/mol. The lowest BCUT2D eigenvalue weighted by molar-refractivity contribution is 0.374. The third-order valence-electron chi connectivity index (χ3n) is 6.21. The van der Waals surface area contributed by atoms with E-state index in [9.17, 15) is 0 Å². The fourth-order valence-electron chi connectivity index (χ4n) is 5.50. The van der Waals surface area contributed by atoms with Gasteiger partial charge in [0.2, 0.25) is 0 Å². The van der Waals surface area contributed by atoms with Crippen LogP contribution in [-0.4, -0.2) is 0 Å². The van der Waals surface area contributed by atoms with E-state index in [1.807, 2.05) is 0 Å². The molecule has 108 valence electrons. The van der Waals surface area contributed by atoms with Crippen molar-refractivity contribution in [2.24, 2.45) is 35.4 Å². The summed E-state index contributed by atoms with van der Waals surface area (Å²) in [6.07, 6.45) is 6.86. The first kappa shape index (κ1) is 12.8. The molecule has 3 aliphatic carbocycles. The van der Waals surface area contributed by atoms with Gasteiger partial charge in [0.15, 0.2) is 0 Å². The van der Waals surface area contributed by atoms with Crippen molar-refractivity contribution < 1.29 is 0 Å². The molecule has 0 aliphatic heterocycles. The zero-order valence-corrected chi connectivity index (χ0v) is 12.4. The van der Waals surface area contributed by atoms with Crippen LogP contribution in [0, 0.1) is 29.6 Å². The maximum atomic E-state index is 5.93. The fourth-order valence-corrected chi connectivity index (χ4v) is 5.50. The smallest absolute Gasteiger partial charge is 0.0493 e. The number of rotatable bonds is 5. The molecule has 0 aromatic heterocycles. The predicted molar refractivity (Wildman–Crippen MR) is 81.8 cm³/mol. The maximum absolute atomic E-state index is 5.93. The highest BCUT2D eigenvalue weighted by Crippen LogP contribution is 2.72. The molecule has 3 saturated carbocycles. The lowest BCUT2D eigenvalue weighted by Crippen LogP contribution is -2.31. The summed E-state index contributed by atoms with van der Waals surface area (Å²) in [5.41, 5.74) is 6.02. The highest BCUT2D eigenvalue weighted by Gasteiger charge is 2.66. The van der Waals surface area contributed by atoms with Crippen LogP contribution in [0.4, 0.5) is 0 Å². The average molecular weight is 270 g/mol. The molecule has 2 bridgehead atoms. The minimum atomic E-state index is 0.380. The number of nitrogens with one attached hydrogen (secondary N) is 1. The topological polar surface area (TPSA) is 38.0 Å². The zero-order valence-electron chi connectivity index (χ0n) is 12.4. The molecule has 20 heavy (non-hydrogen) atoms. The van der Waals surface area contributed by atoms with Crippen molar-refractivity contribution in [2.45, 2.75) is 45.1 Å². The second-order valence-corrected chi connectivity index (χ2v) is 7.20. The van der Waals surface area contributed by atoms with Crippen LogP contribution in [0.15, 0.2) is 24.3 Å². The van der Waals surface area contributed by atoms with Gasteiger partial charge < -0.3 is 0 Å². The van der Waals surface area contributed by atoms with Crippen molar-refractivity contribution in [1.82, 2.24) is 5.43 Å². The lowest BCUT2D eigenvalue weighted by Gasteiger charge is -2.21. The average Bonchev–Trinajstić information content (AvgIpc) is 2.89. The summed E-state index contributed by atoms with van der Waals surface area (Å²) < 4.78 is 0. The van der Waals surface area contributed by atoms with Crippen LogP contribution >= 0.6 is 0 Å². The minimum absolute atomic E-state index is 0.380. The van der Waals surface area contributed by atoms with Gasteiger partial charge in [-0.3, -0.25) is 11.3 Å². The Labute approximate surface area is 122 Å². The van der Waals surface area contributed by atoms with Gasteiger partial charge in [0.25, 0.3) is 0 Å². The molecule has 4 rings (SSSR count). The van der Waals surface area contributed by atoms with E-state index in [0.29, 0.717) is 6.04 Å². The Morgan fingerprint density at radius 3 is 2.65 bits per heavy atom. The summed E-state index contributed by atoms with van der Waals surface area (Å²) in [6.45, 7) is 2.24. The zero-order chi connectivity index (χ0) is 13.7. The highest BCUT2D eigenvalue weighted by atomic mass is 15.2. The Hall–Kier alpha value is -0.860. The molecule has 1 aromatic carbocycles. The number of nitrogens with two attached hydrogens (primary N) is 1. The number of aryl methyl sites for hydroxylation is 1. The van der Waals surface area contributed by atoms with Crippen molar-refractivity contribution in [2.75, 3.05) is 0 Å². The summed E-state index contributed by atoms with van der Waals surface area (Å²) in [5, 5.41) is 0. The van der Waals surface area contributed by atoms with Gasteiger partial charge in [-0.15, -0.1) is 0 Å². The summed E-state index contributed by atoms with van der Waals surface area (Å²) in [6, 6.07) is 9.48. The Morgan fingerprint density at radius 1 is 1.25 bits per heavy atom. The van der Waals surface area contributed by atoms with Crippen molar-refractivity contribution >= 4 is 0 Å². The summed E-state index contributed by atoms with van der Waals surface area (Å²) >= 11 is 0. The first-order valence-electron chi connectivity index (χ1n) is 8.38. The van der Waals surface area contributed by atoms with E-state index in [1.54, 1.807) is 0 Å². The molecule has 5 atom stereocenters. The molecule has 5 unspecified atom stereocenters. The molecule has 2 nitrogen and oxygen atoms in total. The molecule has 0 amide bonds. The summed E-state index contributed by atoms with van der Waals surface area (Å²) in [7, 11) is 0. The number of hydrogen-bond donors (Lipinski definition) is 2. The van der Waals surface area contributed by atoms with Gasteiger partial charge in [-0.25, -0.2) is 0 Å². The fraction of sp³-hybridized carbons (Fsp3) is 0.667. The van der Waals surface area contributed by atoms with E-state index in [4.69, 9.17) is 5.84 Å². The Morgan fingerprint density at radius 2 is 2.00 bits per heavy atom. The van der Waals surface area contributed by atoms with Crippen molar-refractivity contribution in [1.29, 1.82) is 0 Å². The van der Waals surface area contributed by atoms with E-state index < -0.39 is 0 Å². The number of fused-ring (bicyclic) bond motifs is 5. The quantitative estimate of drug-likeness (QED) is 0.635. The third kappa shape index (κ3) is 1.85. The van der Waals surface area contributed by atoms with Crippen molar-refractivity contribution in [3.8, 4) is 0 Å². The third-order valence-corrected chi connectivity index (χ3v) is 6.21. The maximum Gasteiger partial charge on any atom is 0.0493 e. The number of hydrogen-bond acceptors (Lipinski definition) is 2. The van der Waals surface area contributed by atoms with E-state index in [2.05, 4.69) is 36.6 Å². The Kier molecular flexibility index (Phi) is 3.12. The van der Waals surface area contributed by atoms with Crippen LogP contribution in [0.25, 0.3) is 0 Å². The van der Waals surface area contributed by atoms with Crippen LogP contribution < -0.4 is 11.3 Å². The van der Waals surface area contributed by atoms with Crippen LogP contribution in [0.2, 0.25) is 0 Å². The summed E-state index contributed by atoms with van der Waals surface area (Å²) in [5.74, 6) is 10.7. The largest absolute Gasteiger partial charge is 0.271 e. The van der Waals surface area contributed by atoms with Gasteiger partial charge in [0, 0.05) is 6.04 Å². The van der Waals surface area contributed by atoms with Gasteiger partial charge in [-0.1, -0.05) is 37.6 Å². The molecule has 1 aromatic rings. The van der Waals surface area contributed by atoms with Crippen LogP contribution in [0.3, 0.4) is 0 Å². The molecular weight excluding hydrogens is 244 g/mol. The molecule has 0 heterocycles. The second kappa shape index (κ2) is 4.85. The number of hydrazine groups is 1. The molecule has 2 heteroatoms. The Bertz CT molecular complexity index is 482. The summed E-state index contributed by atoms with van der Waals surface area (Å²) in [4.78, 5) is 0. The van der Waals surface area contributed by atoms with Gasteiger partial charge in [-0.2, -0.15) is 0 Å². The van der Waals surface area contributed by atoms with Crippen LogP contribution in [0.1, 0.15) is 49.8 Å². The van der Waals surface area contributed by atoms with Gasteiger partial charge >= 0.3 is 0 Å². The standard InChI is InChI=1S/C18H26N2/c1-2-4-11-5-3-6-14(9-11)18(20-19)17-15-12-7-8-13(10-12)16(15)17/h3,5-6,9,12-13,15-18,20H,2,4,7-8,10,19H2,1H3. The van der Waals surface area contributed by atoms with E-state index in [-0.39, 0.29) is 0 Å². The van der Waals surface area contributed by atoms with Crippen molar-refractivity contribution in [3.05, 3.63) is 35.4 Å². The van der Waals surface area contributed by atoms with E-state index in [0.717, 1.165) is 29.6 Å². The molecule has 0 spiro atoms. The molecule has 0 saturated heterocycles. The van der Waals surface area contributed by atoms with E-state index in [1.165, 1.54) is 43.2 Å². The molecule has 0 radical (unpaired) electrons. The van der Waals surface area contributed by atoms with Crippen LogP contribution in [0.5, 0.6) is 0 Å². The molecule has 3 N–H and O–H groups in total. The SMILES string of the molecule is CCCc1cccc(C(NN)C2C3C4CCC(C4)C32)c1. The molecular formula is C18H26N2. The Balaban J connectivity index is 1.56. The second-order valence-electron chi connectivity index (χ2n) is 7.20. The first-order chi connectivity index (χ1) is 9.83. The predicted octanol–water partition coefficient (Wildman–Crippen LogP) is 3.44. The highest BCUT2D eigenvalue weighted by molar-refractivity contribution is 5.30. The van der Waals surface area contributed by atoms with Gasteiger partial charge in [-0.05, 0) is 66.4 Å². The van der Waals surface area contributed by atoms with Crippen LogP contribution in [-0.2, 0) is 6.42 Å². The first-order valence-corrected chi connectivity index (χ1v) is 8.38. The minimum Gasteiger partial charge on any atom is -0.271 e. The van der Waals surface area contributed by atoms with Gasteiger partial charge in [0.1, 0.15) is 0 Å². The van der Waals surface area contributed by atoms with E-state index >= 15 is 0 Å². The lowest BCUT2D eigenvalue weighted by atomic mass is 9.92. The number of benzene rings is 1. The molecule has 3 aliphatic rings. The van der Waals surface area contributed by atoms with Crippen molar-refractivity contribution in [3.63, 3.8) is 0 Å². The van der Waals surface area contributed by atoms with Gasteiger partial charge in [0.05, 0.1) is 0 Å². The normalized spacial score (nSPS) is 38.8. The molecule has 3 fully saturated rings.